The zero-order chi connectivity index (χ0) is 13.9. The fraction of sp³-hybridized carbons (Fsp3) is 0.615. The van der Waals surface area contributed by atoms with Crippen LogP contribution in [0.25, 0.3) is 0 Å². The summed E-state index contributed by atoms with van der Waals surface area (Å²) in [6.07, 6.45) is 4.56. The lowest BCUT2D eigenvalue weighted by atomic mass is 10.0. The Morgan fingerprint density at radius 2 is 2.26 bits per heavy atom. The second-order valence-electron chi connectivity index (χ2n) is 5.00. The molecule has 0 saturated carbocycles. The second-order valence-corrected chi connectivity index (χ2v) is 6.93. The Balaban J connectivity index is 2.13. The molecule has 2 heterocycles. The molecule has 0 amide bonds. The number of hydrogen-bond acceptors (Lipinski definition) is 4. The molecule has 2 rings (SSSR count). The summed E-state index contributed by atoms with van der Waals surface area (Å²) in [4.78, 5) is 4.32. The third-order valence-corrected chi connectivity index (χ3v) is 5.44. The second kappa shape index (κ2) is 5.98. The topological polar surface area (TPSA) is 76.3 Å². The van der Waals surface area contributed by atoms with Crippen LogP contribution in [0.2, 0.25) is 0 Å². The van der Waals surface area contributed by atoms with Gasteiger partial charge >= 0.3 is 0 Å². The lowest BCUT2D eigenvalue weighted by molar-refractivity contribution is 0.444. The van der Waals surface area contributed by atoms with Crippen LogP contribution in [0.3, 0.4) is 0 Å². The molecule has 1 aliphatic heterocycles. The average molecular weight is 283 g/mol. The summed E-state index contributed by atoms with van der Waals surface area (Å²) in [5.74, 6) is 0.496. The maximum Gasteiger partial charge on any atom is 0.244 e. The Kier molecular flexibility index (Phi) is 4.54. The first-order chi connectivity index (χ1) is 9.07. The molecule has 0 bridgehead atoms. The number of aromatic nitrogens is 1. The molecule has 1 atom stereocenters. The van der Waals surface area contributed by atoms with Gasteiger partial charge in [-0.3, -0.25) is 4.98 Å². The highest BCUT2D eigenvalue weighted by atomic mass is 32.2. The van der Waals surface area contributed by atoms with Crippen molar-refractivity contribution in [3.63, 3.8) is 0 Å². The minimum atomic E-state index is -3.38. The van der Waals surface area contributed by atoms with Gasteiger partial charge in [-0.25, -0.2) is 8.42 Å². The fourth-order valence-corrected chi connectivity index (χ4v) is 3.97. The van der Waals surface area contributed by atoms with Crippen LogP contribution in [0.5, 0.6) is 0 Å². The highest BCUT2D eigenvalue weighted by molar-refractivity contribution is 7.89. The standard InChI is InChI=1S/C13H21N3O2S/c1-2-3-11-6-7-16(10-11)19(17,18)13-5-4-12(8-14)15-9-13/h4-5,9,11H,2-3,6-8,10,14H2,1H3. The highest BCUT2D eigenvalue weighted by Gasteiger charge is 2.32. The molecule has 1 aromatic rings. The molecular weight excluding hydrogens is 262 g/mol. The van der Waals surface area contributed by atoms with E-state index in [0.29, 0.717) is 31.2 Å². The van der Waals surface area contributed by atoms with Crippen molar-refractivity contribution in [3.05, 3.63) is 24.0 Å². The largest absolute Gasteiger partial charge is 0.325 e. The summed E-state index contributed by atoms with van der Waals surface area (Å²) >= 11 is 0. The molecule has 106 valence electrons. The van der Waals surface area contributed by atoms with Crippen molar-refractivity contribution in [2.75, 3.05) is 13.1 Å². The SMILES string of the molecule is CCCC1CCN(S(=O)(=O)c2ccc(CN)nc2)C1. The molecule has 6 heteroatoms. The van der Waals surface area contributed by atoms with Crippen molar-refractivity contribution in [1.82, 2.24) is 9.29 Å². The van der Waals surface area contributed by atoms with Gasteiger partial charge < -0.3 is 5.73 Å². The zero-order valence-corrected chi connectivity index (χ0v) is 12.1. The first-order valence-corrected chi connectivity index (χ1v) is 8.17. The minimum Gasteiger partial charge on any atom is -0.325 e. The Hall–Kier alpha value is -0.980. The van der Waals surface area contributed by atoms with Crippen LogP contribution in [0.1, 0.15) is 31.9 Å². The predicted molar refractivity (Wildman–Crippen MR) is 73.9 cm³/mol. The van der Waals surface area contributed by atoms with Crippen molar-refractivity contribution < 1.29 is 8.42 Å². The normalized spacial score (nSPS) is 20.8. The van der Waals surface area contributed by atoms with E-state index in [2.05, 4.69) is 11.9 Å². The number of nitrogens with zero attached hydrogens (tertiary/aromatic N) is 2. The maximum absolute atomic E-state index is 12.4. The van der Waals surface area contributed by atoms with Gasteiger partial charge in [-0.2, -0.15) is 4.31 Å². The van der Waals surface area contributed by atoms with Crippen LogP contribution in [-0.2, 0) is 16.6 Å². The van der Waals surface area contributed by atoms with E-state index in [4.69, 9.17) is 5.73 Å². The zero-order valence-electron chi connectivity index (χ0n) is 11.2. The van der Waals surface area contributed by atoms with E-state index in [0.717, 1.165) is 19.3 Å². The van der Waals surface area contributed by atoms with Gasteiger partial charge in [0.25, 0.3) is 0 Å². The van der Waals surface area contributed by atoms with E-state index in [1.807, 2.05) is 0 Å². The molecule has 5 nitrogen and oxygen atoms in total. The van der Waals surface area contributed by atoms with E-state index >= 15 is 0 Å². The van der Waals surface area contributed by atoms with Crippen molar-refractivity contribution in [1.29, 1.82) is 0 Å². The van der Waals surface area contributed by atoms with Crippen LogP contribution in [0, 0.1) is 5.92 Å². The van der Waals surface area contributed by atoms with Gasteiger partial charge in [0.05, 0.1) is 5.69 Å². The number of hydrogen-bond donors (Lipinski definition) is 1. The lowest BCUT2D eigenvalue weighted by Gasteiger charge is -2.16. The van der Waals surface area contributed by atoms with E-state index in [9.17, 15) is 8.42 Å². The monoisotopic (exact) mass is 283 g/mol. The van der Waals surface area contributed by atoms with Crippen molar-refractivity contribution in [2.45, 2.75) is 37.6 Å². The third-order valence-electron chi connectivity index (χ3n) is 3.59. The predicted octanol–water partition coefficient (Wildman–Crippen LogP) is 1.35. The summed E-state index contributed by atoms with van der Waals surface area (Å²) in [7, 11) is -3.38. The van der Waals surface area contributed by atoms with Gasteiger partial charge in [-0.1, -0.05) is 13.3 Å². The summed E-state index contributed by atoms with van der Waals surface area (Å²) in [6.45, 7) is 3.70. The third kappa shape index (κ3) is 3.13. The summed E-state index contributed by atoms with van der Waals surface area (Å²) < 4.78 is 26.5. The van der Waals surface area contributed by atoms with Crippen LogP contribution in [-0.4, -0.2) is 30.8 Å². The van der Waals surface area contributed by atoms with Gasteiger partial charge in [0.15, 0.2) is 0 Å². The molecule has 0 aliphatic carbocycles. The molecule has 19 heavy (non-hydrogen) atoms. The van der Waals surface area contributed by atoms with E-state index in [1.165, 1.54) is 6.20 Å². The molecule has 1 aliphatic rings. The van der Waals surface area contributed by atoms with Gasteiger partial charge in [0, 0.05) is 25.8 Å². The first kappa shape index (κ1) is 14.4. The number of nitrogens with two attached hydrogens (primary N) is 1. The molecule has 0 aromatic carbocycles. The van der Waals surface area contributed by atoms with Gasteiger partial charge in [0.2, 0.25) is 10.0 Å². The first-order valence-electron chi connectivity index (χ1n) is 6.73. The quantitative estimate of drug-likeness (QED) is 0.885. The molecule has 1 fully saturated rings. The van der Waals surface area contributed by atoms with Crippen LogP contribution in [0.15, 0.2) is 23.2 Å². The Morgan fingerprint density at radius 3 is 2.84 bits per heavy atom. The molecule has 1 aromatic heterocycles. The lowest BCUT2D eigenvalue weighted by Crippen LogP contribution is -2.29. The molecule has 1 unspecified atom stereocenters. The molecule has 0 radical (unpaired) electrons. The molecular formula is C13H21N3O2S. The minimum absolute atomic E-state index is 0.266. The van der Waals surface area contributed by atoms with E-state index in [1.54, 1.807) is 16.4 Å². The Labute approximate surface area is 114 Å². The fourth-order valence-electron chi connectivity index (χ4n) is 2.49. The summed E-state index contributed by atoms with van der Waals surface area (Å²) in [5, 5.41) is 0. The molecule has 0 spiro atoms. The van der Waals surface area contributed by atoms with Crippen molar-refractivity contribution >= 4 is 10.0 Å². The molecule has 1 saturated heterocycles. The number of sulfonamides is 1. The van der Waals surface area contributed by atoms with E-state index < -0.39 is 10.0 Å². The van der Waals surface area contributed by atoms with Gasteiger partial charge in [-0.05, 0) is 30.9 Å². The Morgan fingerprint density at radius 1 is 1.47 bits per heavy atom. The van der Waals surface area contributed by atoms with Crippen LogP contribution >= 0.6 is 0 Å². The number of pyridine rings is 1. The summed E-state index contributed by atoms with van der Waals surface area (Å²) in [6, 6.07) is 3.27. The van der Waals surface area contributed by atoms with E-state index in [-0.39, 0.29) is 4.90 Å². The maximum atomic E-state index is 12.4. The summed E-state index contributed by atoms with van der Waals surface area (Å²) in [5.41, 5.74) is 6.16. The average Bonchev–Trinajstić information content (AvgIpc) is 2.89. The van der Waals surface area contributed by atoms with Crippen LogP contribution < -0.4 is 5.73 Å². The van der Waals surface area contributed by atoms with Crippen molar-refractivity contribution in [3.8, 4) is 0 Å². The molecule has 2 N–H and O–H groups in total. The van der Waals surface area contributed by atoms with Gasteiger partial charge in [0.1, 0.15) is 4.90 Å². The van der Waals surface area contributed by atoms with Crippen LogP contribution in [0.4, 0.5) is 0 Å². The smallest absolute Gasteiger partial charge is 0.244 e. The highest BCUT2D eigenvalue weighted by Crippen LogP contribution is 2.26. The van der Waals surface area contributed by atoms with Crippen molar-refractivity contribution in [2.24, 2.45) is 11.7 Å². The Bertz CT molecular complexity index is 513. The number of rotatable bonds is 5. The van der Waals surface area contributed by atoms with Gasteiger partial charge in [-0.15, -0.1) is 0 Å².